The van der Waals surface area contributed by atoms with Crippen molar-refractivity contribution < 1.29 is 4.79 Å². The zero-order chi connectivity index (χ0) is 17.8. The fourth-order valence-electron chi connectivity index (χ4n) is 4.51. The number of nitrogens with one attached hydrogen (secondary N) is 2. The first-order valence-electron chi connectivity index (χ1n) is 8.74. The maximum absolute atomic E-state index is 12.9. The van der Waals surface area contributed by atoms with Crippen molar-refractivity contribution in [3.63, 3.8) is 0 Å². The van der Waals surface area contributed by atoms with Crippen molar-refractivity contribution in [1.29, 1.82) is 0 Å². The fourth-order valence-corrected chi connectivity index (χ4v) is 4.51. The Balaban J connectivity index is 1.53. The second-order valence-electron chi connectivity index (χ2n) is 7.59. The van der Waals surface area contributed by atoms with E-state index in [0.717, 1.165) is 42.8 Å². The number of carbonyl (C=O) groups is 1. The summed E-state index contributed by atoms with van der Waals surface area (Å²) < 4.78 is 3.28. The van der Waals surface area contributed by atoms with Gasteiger partial charge in [0.25, 0.3) is 0 Å². The van der Waals surface area contributed by atoms with E-state index >= 15 is 0 Å². The van der Waals surface area contributed by atoms with E-state index in [0.29, 0.717) is 12.5 Å². The number of rotatable bonds is 3. The normalized spacial score (nSPS) is 26.3. The lowest BCUT2D eigenvalue weighted by Crippen LogP contribution is -2.46. The van der Waals surface area contributed by atoms with Crippen LogP contribution in [0.25, 0.3) is 11.0 Å². The first-order chi connectivity index (χ1) is 11.9. The van der Waals surface area contributed by atoms with Crippen molar-refractivity contribution in [1.82, 2.24) is 24.7 Å². The average molecular weight is 343 g/mol. The highest BCUT2D eigenvalue weighted by Crippen LogP contribution is 2.38. The number of imidazole rings is 1. The van der Waals surface area contributed by atoms with Gasteiger partial charge in [-0.2, -0.15) is 0 Å². The summed E-state index contributed by atoms with van der Waals surface area (Å²) in [6, 6.07) is 5.91. The largest absolute Gasteiger partial charge is 0.351 e. The Hall–Kier alpha value is -2.12. The molecule has 0 radical (unpaired) electrons. The Morgan fingerprint density at radius 1 is 1.28 bits per heavy atom. The summed E-state index contributed by atoms with van der Waals surface area (Å²) in [5.74, 6) is 0.517. The second-order valence-corrected chi connectivity index (χ2v) is 7.59. The Bertz CT molecular complexity index is 899. The van der Waals surface area contributed by atoms with Crippen LogP contribution in [0.2, 0.25) is 0 Å². The van der Waals surface area contributed by atoms with Crippen LogP contribution in [0.5, 0.6) is 0 Å². The molecule has 1 aromatic carbocycles. The van der Waals surface area contributed by atoms with Crippen LogP contribution >= 0.6 is 0 Å². The van der Waals surface area contributed by atoms with Gasteiger partial charge in [-0.05, 0) is 24.7 Å². The molecule has 0 bridgehead atoms. The highest BCUT2D eigenvalue weighted by Gasteiger charge is 2.53. The molecule has 0 aliphatic carbocycles. The molecule has 2 N–H and O–H groups in total. The number of nitrogens with zero attached hydrogens (tertiary/aromatic N) is 3. The summed E-state index contributed by atoms with van der Waals surface area (Å²) in [5.41, 5.74) is 2.45. The Labute approximate surface area is 146 Å². The second kappa shape index (κ2) is 5.71. The highest BCUT2D eigenvalue weighted by atomic mass is 16.2. The molecule has 134 valence electrons. The van der Waals surface area contributed by atoms with E-state index in [-0.39, 0.29) is 17.0 Å². The van der Waals surface area contributed by atoms with Crippen molar-refractivity contribution in [2.45, 2.75) is 6.54 Å². The predicted molar refractivity (Wildman–Crippen MR) is 96.3 cm³/mol. The molecule has 3 heterocycles. The van der Waals surface area contributed by atoms with Crippen LogP contribution in [0, 0.1) is 11.3 Å². The molecule has 2 aliphatic heterocycles. The molecule has 7 heteroatoms. The Kier molecular flexibility index (Phi) is 3.73. The Morgan fingerprint density at radius 3 is 2.84 bits per heavy atom. The summed E-state index contributed by atoms with van der Waals surface area (Å²) in [6.45, 7) is 3.92. The number of aryl methyl sites for hydroxylation is 2. The van der Waals surface area contributed by atoms with Crippen molar-refractivity contribution in [2.24, 2.45) is 25.4 Å². The minimum Gasteiger partial charge on any atom is -0.351 e. The molecule has 0 spiro atoms. The highest BCUT2D eigenvalue weighted by molar-refractivity contribution is 5.84. The van der Waals surface area contributed by atoms with Gasteiger partial charge in [-0.25, -0.2) is 4.79 Å². The van der Waals surface area contributed by atoms with Gasteiger partial charge >= 0.3 is 5.69 Å². The summed E-state index contributed by atoms with van der Waals surface area (Å²) in [6.07, 6.45) is 0. The molecule has 2 fully saturated rings. The number of aromatic nitrogens is 2. The molecule has 2 saturated heterocycles. The van der Waals surface area contributed by atoms with Crippen molar-refractivity contribution in [3.8, 4) is 0 Å². The lowest BCUT2D eigenvalue weighted by Gasteiger charge is -2.26. The SMILES string of the molecule is CN1C[C@@H]2CNC[C@]2(C(=O)NCc2ccc3c(c2)n(C)c(=O)n3C)C1. The number of hydrogen-bond donors (Lipinski definition) is 2. The van der Waals surface area contributed by atoms with Gasteiger partial charge < -0.3 is 15.5 Å². The van der Waals surface area contributed by atoms with Gasteiger partial charge in [0.15, 0.2) is 0 Å². The van der Waals surface area contributed by atoms with Gasteiger partial charge in [0.05, 0.1) is 16.4 Å². The molecule has 2 aliphatic rings. The molecule has 25 heavy (non-hydrogen) atoms. The van der Waals surface area contributed by atoms with Gasteiger partial charge in [-0.3, -0.25) is 13.9 Å². The monoisotopic (exact) mass is 343 g/mol. The van der Waals surface area contributed by atoms with Crippen molar-refractivity contribution >= 4 is 16.9 Å². The zero-order valence-corrected chi connectivity index (χ0v) is 15.0. The minimum atomic E-state index is -0.307. The number of hydrogen-bond acceptors (Lipinski definition) is 4. The summed E-state index contributed by atoms with van der Waals surface area (Å²) in [7, 11) is 5.63. The topological polar surface area (TPSA) is 71.3 Å². The van der Waals surface area contributed by atoms with Crippen LogP contribution in [0.3, 0.4) is 0 Å². The van der Waals surface area contributed by atoms with Crippen LogP contribution in [-0.4, -0.2) is 53.2 Å². The molecular formula is C18H25N5O2. The number of amides is 1. The maximum Gasteiger partial charge on any atom is 0.328 e. The number of likely N-dealkylation sites (tertiary alicyclic amines) is 1. The van der Waals surface area contributed by atoms with Crippen molar-refractivity contribution in [2.75, 3.05) is 33.2 Å². The van der Waals surface area contributed by atoms with Crippen LogP contribution < -0.4 is 16.3 Å². The van der Waals surface area contributed by atoms with Gasteiger partial charge in [0.2, 0.25) is 5.91 Å². The van der Waals surface area contributed by atoms with Crippen molar-refractivity contribution in [3.05, 3.63) is 34.2 Å². The van der Waals surface area contributed by atoms with Crippen LogP contribution in [0.4, 0.5) is 0 Å². The first-order valence-corrected chi connectivity index (χ1v) is 8.74. The first kappa shape index (κ1) is 16.4. The van der Waals surface area contributed by atoms with Gasteiger partial charge in [-0.15, -0.1) is 0 Å². The van der Waals surface area contributed by atoms with Gasteiger partial charge in [-0.1, -0.05) is 6.07 Å². The van der Waals surface area contributed by atoms with Gasteiger partial charge in [0.1, 0.15) is 0 Å². The maximum atomic E-state index is 12.9. The third-order valence-corrected chi connectivity index (χ3v) is 5.94. The molecule has 1 amide bonds. The lowest BCUT2D eigenvalue weighted by molar-refractivity contribution is -0.130. The molecule has 1 aromatic heterocycles. The predicted octanol–water partition coefficient (Wildman–Crippen LogP) is -0.356. The standard InChI is InChI=1S/C18H25N5O2/c1-21-9-13-8-19-10-18(13,11-21)16(24)20-7-12-4-5-14-15(6-12)23(3)17(25)22(14)2/h4-6,13,19H,7-11H2,1-3H3,(H,20,24)/t13-,18-/m0/s1. The van der Waals surface area contributed by atoms with E-state index in [1.165, 1.54) is 0 Å². The molecule has 4 rings (SSSR count). The van der Waals surface area contributed by atoms with E-state index in [9.17, 15) is 9.59 Å². The summed E-state index contributed by atoms with van der Waals surface area (Å²) in [4.78, 5) is 27.2. The number of fused-ring (bicyclic) bond motifs is 2. The lowest BCUT2D eigenvalue weighted by atomic mass is 9.80. The smallest absolute Gasteiger partial charge is 0.328 e. The van der Waals surface area contributed by atoms with E-state index in [1.807, 2.05) is 18.2 Å². The quantitative estimate of drug-likeness (QED) is 0.799. The van der Waals surface area contributed by atoms with Crippen LogP contribution in [-0.2, 0) is 25.4 Å². The Morgan fingerprint density at radius 2 is 2.04 bits per heavy atom. The van der Waals surface area contributed by atoms with Crippen LogP contribution in [0.1, 0.15) is 5.56 Å². The van der Waals surface area contributed by atoms with E-state index in [2.05, 4.69) is 22.6 Å². The summed E-state index contributed by atoms with van der Waals surface area (Å²) >= 11 is 0. The molecule has 7 nitrogen and oxygen atoms in total. The summed E-state index contributed by atoms with van der Waals surface area (Å²) in [5, 5.41) is 6.51. The number of benzene rings is 1. The third kappa shape index (κ3) is 2.41. The number of carbonyl (C=O) groups excluding carboxylic acids is 1. The zero-order valence-electron chi connectivity index (χ0n) is 15.0. The average Bonchev–Trinajstić information content (AvgIpc) is 3.19. The minimum absolute atomic E-state index is 0.0380. The fraction of sp³-hybridized carbons (Fsp3) is 0.556. The molecule has 0 unspecified atom stereocenters. The molecular weight excluding hydrogens is 318 g/mol. The van der Waals surface area contributed by atoms with Crippen LogP contribution in [0.15, 0.2) is 23.0 Å². The van der Waals surface area contributed by atoms with E-state index in [4.69, 9.17) is 0 Å². The third-order valence-electron chi connectivity index (χ3n) is 5.94. The molecule has 2 aromatic rings. The molecule has 2 atom stereocenters. The van der Waals surface area contributed by atoms with Gasteiger partial charge in [0, 0.05) is 52.7 Å². The van der Waals surface area contributed by atoms with E-state index in [1.54, 1.807) is 23.2 Å². The molecule has 0 saturated carbocycles. The van der Waals surface area contributed by atoms with E-state index < -0.39 is 0 Å².